The summed E-state index contributed by atoms with van der Waals surface area (Å²) in [4.78, 5) is 15.0. The molecule has 0 aromatic heterocycles. The van der Waals surface area contributed by atoms with Gasteiger partial charge < -0.3 is 4.90 Å². The maximum Gasteiger partial charge on any atom is 0.230 e. The summed E-state index contributed by atoms with van der Waals surface area (Å²) < 4.78 is 0. The molecular weight excluding hydrogens is 286 g/mol. The van der Waals surface area contributed by atoms with Gasteiger partial charge in [0.1, 0.15) is 0 Å². The summed E-state index contributed by atoms with van der Waals surface area (Å²) >= 11 is 0. The average molecular weight is 307 g/mol. The molecule has 4 nitrogen and oxygen atoms in total. The molecule has 4 rings (SSSR count). The molecular formula is C19H21N3O. The Labute approximate surface area is 135 Å². The van der Waals surface area contributed by atoms with E-state index in [1.807, 2.05) is 4.90 Å². The first kappa shape index (κ1) is 14.4. The molecule has 0 atom stereocenters. The quantitative estimate of drug-likeness (QED) is 0.844. The first-order valence-electron chi connectivity index (χ1n) is 8.57. The molecule has 0 unspecified atom stereocenters. The summed E-state index contributed by atoms with van der Waals surface area (Å²) in [5.41, 5.74) is 3.19. The van der Waals surface area contributed by atoms with Gasteiger partial charge in [-0.1, -0.05) is 25.3 Å². The molecule has 23 heavy (non-hydrogen) atoms. The van der Waals surface area contributed by atoms with Crippen LogP contribution in [0.4, 0.5) is 0 Å². The number of hydrogen-bond donors (Lipinski definition) is 0. The fourth-order valence-corrected chi connectivity index (χ4v) is 3.83. The third kappa shape index (κ3) is 2.42. The van der Waals surface area contributed by atoms with E-state index in [0.29, 0.717) is 12.5 Å². The highest BCUT2D eigenvalue weighted by Crippen LogP contribution is 2.27. The first-order valence-corrected chi connectivity index (χ1v) is 8.57. The lowest BCUT2D eigenvalue weighted by atomic mass is 9.88. The van der Waals surface area contributed by atoms with Crippen molar-refractivity contribution in [3.05, 3.63) is 39.9 Å². The standard InChI is InChI=1S/C19H21N3O/c1-2-22(19(23)13-6-4-3-5-7-13)18-9-8-14-11-17-15(10-16(14)18)12-20-21-17/h8-13H,2-7H2,1H3. The third-order valence-corrected chi connectivity index (χ3v) is 5.09. The maximum absolute atomic E-state index is 13.0. The molecule has 0 radical (unpaired) electrons. The number of carbonyl (C=O) groups is 1. The number of nitrogens with zero attached hydrogens (tertiary/aromatic N) is 3. The molecule has 1 saturated carbocycles. The number of amides is 1. The molecule has 1 amide bonds. The zero-order valence-corrected chi connectivity index (χ0v) is 13.5. The molecule has 0 saturated heterocycles. The minimum absolute atomic E-state index is 0.194. The Bertz CT molecular complexity index is 829. The van der Waals surface area contributed by atoms with E-state index < -0.39 is 0 Å². The molecule has 0 N–H and O–H groups in total. The van der Waals surface area contributed by atoms with Crippen molar-refractivity contribution in [1.82, 2.24) is 4.90 Å². The van der Waals surface area contributed by atoms with Crippen molar-refractivity contribution in [2.24, 2.45) is 16.1 Å². The Kier molecular flexibility index (Phi) is 3.60. The van der Waals surface area contributed by atoms with Crippen molar-refractivity contribution in [3.63, 3.8) is 0 Å². The number of rotatable bonds is 3. The van der Waals surface area contributed by atoms with E-state index in [-0.39, 0.29) is 5.92 Å². The van der Waals surface area contributed by atoms with Crippen molar-refractivity contribution in [3.8, 4) is 0 Å². The van der Waals surface area contributed by atoms with Crippen LogP contribution in [0.1, 0.15) is 50.2 Å². The van der Waals surface area contributed by atoms with Crippen LogP contribution >= 0.6 is 0 Å². The Morgan fingerprint density at radius 2 is 2.00 bits per heavy atom. The molecule has 1 fully saturated rings. The monoisotopic (exact) mass is 307 g/mol. The third-order valence-electron chi connectivity index (χ3n) is 5.09. The van der Waals surface area contributed by atoms with Crippen molar-refractivity contribution < 1.29 is 4.79 Å². The molecule has 1 aromatic carbocycles. The van der Waals surface area contributed by atoms with E-state index in [0.717, 1.165) is 40.2 Å². The van der Waals surface area contributed by atoms with Gasteiger partial charge in [0, 0.05) is 23.2 Å². The van der Waals surface area contributed by atoms with E-state index >= 15 is 0 Å². The molecule has 0 bridgehead atoms. The minimum Gasteiger partial charge on any atom is -0.312 e. The number of hydrogen-bond acceptors (Lipinski definition) is 3. The zero-order valence-electron chi connectivity index (χ0n) is 13.5. The molecule has 118 valence electrons. The van der Waals surface area contributed by atoms with Gasteiger partial charge in [-0.25, -0.2) is 0 Å². The highest BCUT2D eigenvalue weighted by molar-refractivity contribution is 5.91. The SMILES string of the molecule is CCN(C(=O)C1CCCCC1)C1=c2cc3c(cc2C=C1)=NN=C3. The van der Waals surface area contributed by atoms with Gasteiger partial charge in [0.15, 0.2) is 0 Å². The Hall–Kier alpha value is -2.23. The Morgan fingerprint density at radius 1 is 1.17 bits per heavy atom. The fourth-order valence-electron chi connectivity index (χ4n) is 3.83. The zero-order chi connectivity index (χ0) is 15.8. The maximum atomic E-state index is 13.0. The number of benzene rings is 1. The molecule has 1 aromatic rings. The van der Waals surface area contributed by atoms with Gasteiger partial charge >= 0.3 is 0 Å². The second kappa shape index (κ2) is 5.76. The van der Waals surface area contributed by atoms with Crippen molar-refractivity contribution in [2.45, 2.75) is 39.0 Å². The predicted octanol–water partition coefficient (Wildman–Crippen LogP) is 2.22. The van der Waals surface area contributed by atoms with Gasteiger partial charge in [-0.3, -0.25) is 4.79 Å². The van der Waals surface area contributed by atoms with E-state index in [2.05, 4.69) is 41.4 Å². The summed E-state index contributed by atoms with van der Waals surface area (Å²) in [5.74, 6) is 0.484. The van der Waals surface area contributed by atoms with Crippen LogP contribution in [-0.2, 0) is 4.79 Å². The smallest absolute Gasteiger partial charge is 0.230 e. The lowest BCUT2D eigenvalue weighted by molar-refractivity contribution is -0.133. The number of carbonyl (C=O) groups excluding carboxylic acids is 1. The Balaban J connectivity index is 1.74. The fraction of sp³-hybridized carbons (Fsp3) is 0.421. The van der Waals surface area contributed by atoms with Crippen LogP contribution in [-0.4, -0.2) is 23.6 Å². The lowest BCUT2D eigenvalue weighted by Gasteiger charge is -2.28. The predicted molar refractivity (Wildman–Crippen MR) is 91.2 cm³/mol. The Morgan fingerprint density at radius 3 is 2.78 bits per heavy atom. The van der Waals surface area contributed by atoms with Crippen molar-refractivity contribution in [2.75, 3.05) is 6.54 Å². The van der Waals surface area contributed by atoms with Crippen LogP contribution in [0.2, 0.25) is 0 Å². The molecule has 2 aliphatic carbocycles. The summed E-state index contributed by atoms with van der Waals surface area (Å²) in [6.45, 7) is 2.77. The summed E-state index contributed by atoms with van der Waals surface area (Å²) in [6.07, 6.45) is 11.6. The average Bonchev–Trinajstić information content (AvgIpc) is 3.21. The van der Waals surface area contributed by atoms with Crippen molar-refractivity contribution >= 4 is 23.9 Å². The normalized spacial score (nSPS) is 18.7. The van der Waals surface area contributed by atoms with Crippen LogP contribution in [0, 0.1) is 5.92 Å². The second-order valence-electron chi connectivity index (χ2n) is 6.48. The second-order valence-corrected chi connectivity index (χ2v) is 6.48. The van der Waals surface area contributed by atoms with Gasteiger partial charge in [0.2, 0.25) is 5.91 Å². The largest absolute Gasteiger partial charge is 0.312 e. The highest BCUT2D eigenvalue weighted by atomic mass is 16.2. The van der Waals surface area contributed by atoms with E-state index in [9.17, 15) is 4.79 Å². The van der Waals surface area contributed by atoms with E-state index in [1.54, 1.807) is 6.21 Å². The molecule has 0 spiro atoms. The van der Waals surface area contributed by atoms with Crippen LogP contribution in [0.5, 0.6) is 0 Å². The van der Waals surface area contributed by atoms with Gasteiger partial charge in [0.25, 0.3) is 0 Å². The highest BCUT2D eigenvalue weighted by Gasteiger charge is 2.27. The lowest BCUT2D eigenvalue weighted by Crippen LogP contribution is -2.37. The topological polar surface area (TPSA) is 45.0 Å². The van der Waals surface area contributed by atoms with Gasteiger partial charge in [-0.15, -0.1) is 0 Å². The molecule has 1 heterocycles. The van der Waals surface area contributed by atoms with Crippen LogP contribution in [0.15, 0.2) is 28.4 Å². The van der Waals surface area contributed by atoms with Crippen LogP contribution < -0.4 is 10.6 Å². The number of likely N-dealkylation sites (N-methyl/N-ethyl adjacent to an activating group) is 1. The summed E-state index contributed by atoms with van der Waals surface area (Å²) in [5, 5.41) is 10.1. The van der Waals surface area contributed by atoms with Crippen LogP contribution in [0.25, 0.3) is 11.8 Å². The van der Waals surface area contributed by atoms with Crippen LogP contribution in [0.3, 0.4) is 0 Å². The van der Waals surface area contributed by atoms with Gasteiger partial charge in [-0.2, -0.15) is 10.2 Å². The van der Waals surface area contributed by atoms with E-state index in [1.165, 1.54) is 19.3 Å². The van der Waals surface area contributed by atoms with Gasteiger partial charge in [0.05, 0.1) is 17.3 Å². The molecule has 1 aliphatic heterocycles. The molecule has 4 heteroatoms. The summed E-state index contributed by atoms with van der Waals surface area (Å²) in [6, 6.07) is 4.16. The van der Waals surface area contributed by atoms with Gasteiger partial charge in [-0.05, 0) is 43.5 Å². The minimum atomic E-state index is 0.194. The van der Waals surface area contributed by atoms with Crippen molar-refractivity contribution in [1.29, 1.82) is 0 Å². The number of fused-ring (bicyclic) bond motifs is 2. The first-order chi connectivity index (χ1) is 11.3. The summed E-state index contributed by atoms with van der Waals surface area (Å²) in [7, 11) is 0. The van der Waals surface area contributed by atoms with E-state index in [4.69, 9.17) is 0 Å². The molecule has 3 aliphatic rings.